The summed E-state index contributed by atoms with van der Waals surface area (Å²) < 4.78 is 13.2. The molecule has 2 aromatic heterocycles. The molecule has 2 aromatic rings. The van der Waals surface area contributed by atoms with Crippen LogP contribution < -0.4 is 5.32 Å². The van der Waals surface area contributed by atoms with Gasteiger partial charge >= 0.3 is 0 Å². The van der Waals surface area contributed by atoms with E-state index in [-0.39, 0.29) is 5.56 Å². The number of hydrogen-bond donors (Lipinski definition) is 1. The summed E-state index contributed by atoms with van der Waals surface area (Å²) in [5.74, 6) is -1.09. The molecular formula is C10H8FN3OS. The molecule has 4 nitrogen and oxygen atoms in total. The van der Waals surface area contributed by atoms with Gasteiger partial charge in [0.2, 0.25) is 0 Å². The van der Waals surface area contributed by atoms with Crippen molar-refractivity contribution in [3.05, 3.63) is 46.4 Å². The first-order chi connectivity index (χ1) is 7.77. The number of rotatable bonds is 3. The first-order valence-corrected chi connectivity index (χ1v) is 5.41. The van der Waals surface area contributed by atoms with Crippen molar-refractivity contribution >= 4 is 17.2 Å². The van der Waals surface area contributed by atoms with E-state index in [4.69, 9.17) is 0 Å². The Morgan fingerprint density at radius 1 is 1.50 bits per heavy atom. The van der Waals surface area contributed by atoms with Gasteiger partial charge in [0.05, 0.1) is 18.3 Å². The Hall–Kier alpha value is -1.82. The van der Waals surface area contributed by atoms with Crippen molar-refractivity contribution in [3.63, 3.8) is 0 Å². The molecule has 0 aromatic carbocycles. The molecule has 0 saturated carbocycles. The molecule has 6 heteroatoms. The monoisotopic (exact) mass is 237 g/mol. The fourth-order valence-corrected chi connectivity index (χ4v) is 1.71. The molecule has 0 aliphatic rings. The van der Waals surface area contributed by atoms with Gasteiger partial charge in [-0.1, -0.05) is 0 Å². The van der Waals surface area contributed by atoms with Crippen LogP contribution in [0.1, 0.15) is 15.4 Å². The number of pyridine rings is 1. The lowest BCUT2D eigenvalue weighted by Crippen LogP contribution is -2.23. The van der Waals surface area contributed by atoms with Gasteiger partial charge < -0.3 is 5.32 Å². The molecule has 2 rings (SSSR count). The van der Waals surface area contributed by atoms with Crippen LogP contribution in [0, 0.1) is 5.82 Å². The molecule has 1 N–H and O–H groups in total. The Bertz CT molecular complexity index is 487. The van der Waals surface area contributed by atoms with Crippen LogP contribution in [0.4, 0.5) is 4.39 Å². The zero-order chi connectivity index (χ0) is 11.4. The number of amides is 1. The second-order valence-corrected chi connectivity index (χ2v) is 3.94. The van der Waals surface area contributed by atoms with Crippen molar-refractivity contribution in [3.8, 4) is 0 Å². The summed E-state index contributed by atoms with van der Waals surface area (Å²) in [5, 5.41) is 5.18. The molecule has 0 spiro atoms. The Kier molecular flexibility index (Phi) is 3.21. The smallest absolute Gasteiger partial charge is 0.254 e. The summed E-state index contributed by atoms with van der Waals surface area (Å²) in [6.07, 6.45) is 4.04. The van der Waals surface area contributed by atoms with Gasteiger partial charge in [-0.15, -0.1) is 11.3 Å². The number of carbonyl (C=O) groups is 1. The van der Waals surface area contributed by atoms with E-state index in [0.717, 1.165) is 11.2 Å². The summed E-state index contributed by atoms with van der Waals surface area (Å²) in [7, 11) is 0. The number of nitrogens with one attached hydrogen (secondary N) is 1. The molecule has 0 aliphatic carbocycles. The molecule has 0 fully saturated rings. The number of carbonyl (C=O) groups excluding carboxylic acids is 1. The van der Waals surface area contributed by atoms with Crippen LogP contribution in [0.5, 0.6) is 0 Å². The highest BCUT2D eigenvalue weighted by atomic mass is 32.1. The van der Waals surface area contributed by atoms with E-state index in [1.54, 1.807) is 6.20 Å². The summed E-state index contributed by atoms with van der Waals surface area (Å²) >= 11 is 1.43. The summed E-state index contributed by atoms with van der Waals surface area (Å²) in [6, 6.07) is 1.34. The Labute approximate surface area is 95.2 Å². The van der Waals surface area contributed by atoms with Crippen LogP contribution in [0.2, 0.25) is 0 Å². The maximum atomic E-state index is 13.2. The van der Waals surface area contributed by atoms with Gasteiger partial charge in [-0.25, -0.2) is 9.37 Å². The van der Waals surface area contributed by atoms with Crippen LogP contribution in [0.25, 0.3) is 0 Å². The third kappa shape index (κ3) is 2.40. The first kappa shape index (κ1) is 10.7. The summed E-state index contributed by atoms with van der Waals surface area (Å²) in [4.78, 5) is 19.1. The minimum atomic E-state index is -0.626. The molecule has 0 bridgehead atoms. The molecular weight excluding hydrogens is 229 g/mol. The van der Waals surface area contributed by atoms with Crippen molar-refractivity contribution in [1.82, 2.24) is 15.3 Å². The highest BCUT2D eigenvalue weighted by Crippen LogP contribution is 2.06. The highest BCUT2D eigenvalue weighted by Gasteiger charge is 2.10. The molecule has 0 radical (unpaired) electrons. The number of thiazole rings is 1. The van der Waals surface area contributed by atoms with Gasteiger partial charge in [0.25, 0.3) is 5.91 Å². The van der Waals surface area contributed by atoms with Crippen LogP contribution in [-0.4, -0.2) is 15.9 Å². The number of aromatic nitrogens is 2. The Morgan fingerprint density at radius 3 is 3.06 bits per heavy atom. The third-order valence-electron chi connectivity index (χ3n) is 1.90. The molecule has 0 aliphatic heterocycles. The van der Waals surface area contributed by atoms with Gasteiger partial charge in [-0.2, -0.15) is 0 Å². The summed E-state index contributed by atoms with van der Waals surface area (Å²) in [6.45, 7) is 0.304. The number of nitrogens with zero attached hydrogens (tertiary/aromatic N) is 2. The van der Waals surface area contributed by atoms with E-state index in [9.17, 15) is 9.18 Å². The predicted octanol–water partition coefficient (Wildman–Crippen LogP) is 1.61. The Balaban J connectivity index is 2.01. The minimum Gasteiger partial charge on any atom is -0.345 e. The van der Waals surface area contributed by atoms with Gasteiger partial charge in [0.1, 0.15) is 5.01 Å². The SMILES string of the molecule is O=C(NCc1nccs1)c1ccncc1F. The number of hydrogen-bond acceptors (Lipinski definition) is 4. The van der Waals surface area contributed by atoms with Gasteiger partial charge in [-0.05, 0) is 6.07 Å². The normalized spacial score (nSPS) is 10.1. The van der Waals surface area contributed by atoms with Crippen LogP contribution in [0.15, 0.2) is 30.0 Å². The lowest BCUT2D eigenvalue weighted by molar-refractivity contribution is 0.0946. The molecule has 1 amide bonds. The molecule has 0 unspecified atom stereocenters. The van der Waals surface area contributed by atoms with Crippen molar-refractivity contribution in [2.24, 2.45) is 0 Å². The zero-order valence-corrected chi connectivity index (χ0v) is 9.00. The predicted molar refractivity (Wildman–Crippen MR) is 57.5 cm³/mol. The lowest BCUT2D eigenvalue weighted by Gasteiger charge is -2.03. The fraction of sp³-hybridized carbons (Fsp3) is 0.100. The maximum Gasteiger partial charge on any atom is 0.254 e. The van der Waals surface area contributed by atoms with Gasteiger partial charge in [-0.3, -0.25) is 9.78 Å². The van der Waals surface area contributed by atoms with E-state index < -0.39 is 11.7 Å². The molecule has 0 saturated heterocycles. The zero-order valence-electron chi connectivity index (χ0n) is 8.18. The fourth-order valence-electron chi connectivity index (χ4n) is 1.15. The second-order valence-electron chi connectivity index (χ2n) is 2.96. The van der Waals surface area contributed by atoms with Crippen molar-refractivity contribution < 1.29 is 9.18 Å². The largest absolute Gasteiger partial charge is 0.345 e. The molecule has 0 atom stereocenters. The maximum absolute atomic E-state index is 13.2. The first-order valence-electron chi connectivity index (χ1n) is 4.53. The molecule has 16 heavy (non-hydrogen) atoms. The van der Waals surface area contributed by atoms with Crippen LogP contribution >= 0.6 is 11.3 Å². The van der Waals surface area contributed by atoms with Crippen molar-refractivity contribution in [2.45, 2.75) is 6.54 Å². The average Bonchev–Trinajstić information content (AvgIpc) is 2.79. The summed E-state index contributed by atoms with van der Waals surface area (Å²) in [5.41, 5.74) is -0.00782. The standard InChI is InChI=1S/C10H8FN3OS/c11-8-5-12-2-1-7(8)10(15)14-6-9-13-3-4-16-9/h1-5H,6H2,(H,14,15). The van der Waals surface area contributed by atoms with E-state index in [1.807, 2.05) is 5.38 Å². The van der Waals surface area contributed by atoms with Crippen molar-refractivity contribution in [1.29, 1.82) is 0 Å². The highest BCUT2D eigenvalue weighted by molar-refractivity contribution is 7.09. The lowest BCUT2D eigenvalue weighted by atomic mass is 10.2. The third-order valence-corrected chi connectivity index (χ3v) is 2.68. The molecule has 2 heterocycles. The minimum absolute atomic E-state index is 0.00782. The quantitative estimate of drug-likeness (QED) is 0.882. The Morgan fingerprint density at radius 2 is 2.38 bits per heavy atom. The van der Waals surface area contributed by atoms with Gasteiger partial charge in [0.15, 0.2) is 5.82 Å². The van der Waals surface area contributed by atoms with E-state index in [1.165, 1.54) is 23.6 Å². The van der Waals surface area contributed by atoms with Crippen LogP contribution in [-0.2, 0) is 6.54 Å². The van der Waals surface area contributed by atoms with Crippen molar-refractivity contribution in [2.75, 3.05) is 0 Å². The van der Waals surface area contributed by atoms with E-state index >= 15 is 0 Å². The molecule has 82 valence electrons. The topological polar surface area (TPSA) is 54.9 Å². The number of halogens is 1. The van der Waals surface area contributed by atoms with Crippen LogP contribution in [0.3, 0.4) is 0 Å². The van der Waals surface area contributed by atoms with E-state index in [0.29, 0.717) is 6.54 Å². The second kappa shape index (κ2) is 4.80. The van der Waals surface area contributed by atoms with E-state index in [2.05, 4.69) is 15.3 Å². The average molecular weight is 237 g/mol. The van der Waals surface area contributed by atoms with Gasteiger partial charge in [0, 0.05) is 17.8 Å².